The molecule has 0 radical (unpaired) electrons. The minimum absolute atomic E-state index is 0.137. The van der Waals surface area contributed by atoms with Gasteiger partial charge in [0.05, 0.1) is 22.9 Å². The number of carbonyl (C=O) groups is 2. The summed E-state index contributed by atoms with van der Waals surface area (Å²) in [7, 11) is 0. The lowest BCUT2D eigenvalue weighted by Gasteiger charge is -2.39. The van der Waals surface area contributed by atoms with Crippen LogP contribution in [0.25, 0.3) is 11.5 Å². The molecule has 1 saturated carbocycles. The number of carbonyl (C=O) groups excluding carboxylic acids is 1. The van der Waals surface area contributed by atoms with Crippen molar-refractivity contribution in [2.24, 2.45) is 5.92 Å². The predicted molar refractivity (Wildman–Crippen MR) is 104 cm³/mol. The van der Waals surface area contributed by atoms with Crippen molar-refractivity contribution >= 4 is 23.6 Å². The Kier molecular flexibility index (Phi) is 6.21. The fourth-order valence-electron chi connectivity index (χ4n) is 3.57. The highest BCUT2D eigenvalue weighted by Gasteiger charge is 2.42. The van der Waals surface area contributed by atoms with E-state index in [1.807, 2.05) is 37.3 Å². The Hall–Kier alpha value is -2.28. The first kappa shape index (κ1) is 19.5. The maximum atomic E-state index is 12.3. The Balaban J connectivity index is 1.50. The quantitative estimate of drug-likeness (QED) is 0.751. The third-order valence-corrected chi connectivity index (χ3v) is 5.95. The Morgan fingerprint density at radius 1 is 1.33 bits per heavy atom. The molecule has 1 heterocycles. The van der Waals surface area contributed by atoms with Crippen LogP contribution < -0.4 is 5.32 Å². The maximum absolute atomic E-state index is 12.3. The standard InChI is InChI=1S/C20H24N2O4S/c1-20(10-6-5-9-16(20)19(24)25)22-17(23)13-27-12-15-11-26-18(21-15)14-7-3-2-4-8-14/h2-4,7-8,11,16H,5-6,9-10,12-13H2,1H3,(H,22,23)(H,24,25). The summed E-state index contributed by atoms with van der Waals surface area (Å²) in [6.45, 7) is 1.84. The van der Waals surface area contributed by atoms with E-state index in [1.165, 1.54) is 11.8 Å². The molecule has 144 valence electrons. The van der Waals surface area contributed by atoms with Gasteiger partial charge in [0.15, 0.2) is 0 Å². The van der Waals surface area contributed by atoms with E-state index in [9.17, 15) is 14.7 Å². The molecule has 6 nitrogen and oxygen atoms in total. The highest BCUT2D eigenvalue weighted by Crippen LogP contribution is 2.34. The van der Waals surface area contributed by atoms with Gasteiger partial charge in [0.1, 0.15) is 6.26 Å². The van der Waals surface area contributed by atoms with Crippen molar-refractivity contribution in [3.63, 3.8) is 0 Å². The largest absolute Gasteiger partial charge is 0.481 e. The molecule has 0 saturated heterocycles. The van der Waals surface area contributed by atoms with E-state index in [-0.39, 0.29) is 11.7 Å². The number of amides is 1. The second-order valence-corrected chi connectivity index (χ2v) is 8.09. The van der Waals surface area contributed by atoms with Gasteiger partial charge in [-0.2, -0.15) is 0 Å². The fourth-order valence-corrected chi connectivity index (χ4v) is 4.27. The molecule has 2 aromatic rings. The summed E-state index contributed by atoms with van der Waals surface area (Å²) >= 11 is 1.44. The molecule has 0 aliphatic heterocycles. The number of benzene rings is 1. The average Bonchev–Trinajstić information content (AvgIpc) is 3.11. The van der Waals surface area contributed by atoms with E-state index in [4.69, 9.17) is 4.42 Å². The molecule has 3 rings (SSSR count). The van der Waals surface area contributed by atoms with Crippen molar-refractivity contribution in [2.75, 3.05) is 5.75 Å². The molecule has 7 heteroatoms. The summed E-state index contributed by atoms with van der Waals surface area (Å²) in [6.07, 6.45) is 4.75. The average molecular weight is 388 g/mol. The number of aliphatic carboxylic acids is 1. The van der Waals surface area contributed by atoms with Crippen LogP contribution in [0.15, 0.2) is 41.0 Å². The minimum Gasteiger partial charge on any atom is -0.481 e. The summed E-state index contributed by atoms with van der Waals surface area (Å²) < 4.78 is 5.50. The van der Waals surface area contributed by atoms with Crippen molar-refractivity contribution < 1.29 is 19.1 Å². The molecule has 0 spiro atoms. The van der Waals surface area contributed by atoms with E-state index in [0.717, 1.165) is 24.1 Å². The Labute approximate surface area is 162 Å². The molecule has 1 amide bonds. The zero-order chi connectivity index (χ0) is 19.3. The van der Waals surface area contributed by atoms with Crippen molar-refractivity contribution in [2.45, 2.75) is 43.9 Å². The van der Waals surface area contributed by atoms with Gasteiger partial charge in [0.25, 0.3) is 0 Å². The minimum atomic E-state index is -0.832. The summed E-state index contributed by atoms with van der Waals surface area (Å²) in [4.78, 5) is 28.3. The highest BCUT2D eigenvalue weighted by molar-refractivity contribution is 7.99. The summed E-state index contributed by atoms with van der Waals surface area (Å²) in [5, 5.41) is 12.4. The Bertz CT molecular complexity index is 792. The molecule has 1 aliphatic carbocycles. The van der Waals surface area contributed by atoms with Gasteiger partial charge >= 0.3 is 5.97 Å². The topological polar surface area (TPSA) is 92.4 Å². The second-order valence-electron chi connectivity index (χ2n) is 7.11. The summed E-state index contributed by atoms with van der Waals surface area (Å²) in [5.74, 6) is -0.111. The number of rotatable bonds is 7. The second kappa shape index (κ2) is 8.61. The van der Waals surface area contributed by atoms with E-state index >= 15 is 0 Å². The molecule has 1 aliphatic rings. The van der Waals surface area contributed by atoms with Crippen LogP contribution in [0.5, 0.6) is 0 Å². The van der Waals surface area contributed by atoms with Crippen LogP contribution in [0.3, 0.4) is 0 Å². The molecule has 2 N–H and O–H groups in total. The van der Waals surface area contributed by atoms with Crippen LogP contribution in [-0.2, 0) is 15.3 Å². The Morgan fingerprint density at radius 3 is 2.85 bits per heavy atom. The molecule has 2 unspecified atom stereocenters. The van der Waals surface area contributed by atoms with Crippen molar-refractivity contribution in [3.8, 4) is 11.5 Å². The molecule has 1 aromatic heterocycles. The van der Waals surface area contributed by atoms with Gasteiger partial charge in [0.2, 0.25) is 11.8 Å². The van der Waals surface area contributed by atoms with Crippen LogP contribution in [-0.4, -0.2) is 33.3 Å². The van der Waals surface area contributed by atoms with Gasteiger partial charge in [-0.3, -0.25) is 9.59 Å². The third kappa shape index (κ3) is 4.91. The monoisotopic (exact) mass is 388 g/mol. The number of nitrogens with zero attached hydrogens (tertiary/aromatic N) is 1. The zero-order valence-corrected chi connectivity index (χ0v) is 16.1. The fraction of sp³-hybridized carbons (Fsp3) is 0.450. The molecule has 2 atom stereocenters. The lowest BCUT2D eigenvalue weighted by molar-refractivity contribution is -0.146. The smallest absolute Gasteiger partial charge is 0.308 e. The number of hydrogen-bond donors (Lipinski definition) is 2. The van der Waals surface area contributed by atoms with E-state index in [2.05, 4.69) is 10.3 Å². The van der Waals surface area contributed by atoms with Gasteiger partial charge < -0.3 is 14.8 Å². The SMILES string of the molecule is CC1(NC(=O)CSCc2coc(-c3ccccc3)n2)CCCCC1C(=O)O. The van der Waals surface area contributed by atoms with Gasteiger partial charge in [-0.1, -0.05) is 31.0 Å². The number of carboxylic acids is 1. The van der Waals surface area contributed by atoms with Crippen LogP contribution in [0, 0.1) is 5.92 Å². The van der Waals surface area contributed by atoms with Crippen LogP contribution >= 0.6 is 11.8 Å². The molecular formula is C20H24N2O4S. The molecule has 0 bridgehead atoms. The number of aromatic nitrogens is 1. The third-order valence-electron chi connectivity index (χ3n) is 4.99. The van der Waals surface area contributed by atoms with Crippen molar-refractivity contribution in [1.82, 2.24) is 10.3 Å². The summed E-state index contributed by atoms with van der Waals surface area (Å²) in [6, 6.07) is 9.65. The molecule has 27 heavy (non-hydrogen) atoms. The van der Waals surface area contributed by atoms with Crippen LogP contribution in [0.2, 0.25) is 0 Å². The van der Waals surface area contributed by atoms with Gasteiger partial charge in [0, 0.05) is 11.3 Å². The lowest BCUT2D eigenvalue weighted by Crippen LogP contribution is -2.55. The van der Waals surface area contributed by atoms with E-state index in [1.54, 1.807) is 6.26 Å². The Morgan fingerprint density at radius 2 is 2.11 bits per heavy atom. The lowest BCUT2D eigenvalue weighted by atomic mass is 9.74. The van der Waals surface area contributed by atoms with Gasteiger partial charge in [-0.15, -0.1) is 11.8 Å². The number of oxazole rings is 1. The van der Waals surface area contributed by atoms with E-state index < -0.39 is 17.4 Å². The van der Waals surface area contributed by atoms with Crippen LogP contribution in [0.1, 0.15) is 38.3 Å². The van der Waals surface area contributed by atoms with Gasteiger partial charge in [-0.05, 0) is 31.9 Å². The number of carboxylic acid groups (broad SMARTS) is 1. The highest BCUT2D eigenvalue weighted by atomic mass is 32.2. The molecule has 1 aromatic carbocycles. The number of hydrogen-bond acceptors (Lipinski definition) is 5. The molecular weight excluding hydrogens is 364 g/mol. The predicted octanol–water partition coefficient (Wildman–Crippen LogP) is 3.72. The number of nitrogens with one attached hydrogen (secondary N) is 1. The van der Waals surface area contributed by atoms with Gasteiger partial charge in [-0.25, -0.2) is 4.98 Å². The summed E-state index contributed by atoms with van der Waals surface area (Å²) in [5.41, 5.74) is 1.02. The zero-order valence-electron chi connectivity index (χ0n) is 15.3. The van der Waals surface area contributed by atoms with E-state index in [0.29, 0.717) is 24.5 Å². The number of thioether (sulfide) groups is 1. The van der Waals surface area contributed by atoms with Crippen molar-refractivity contribution in [1.29, 1.82) is 0 Å². The first-order valence-corrected chi connectivity index (χ1v) is 10.2. The molecule has 1 fully saturated rings. The maximum Gasteiger partial charge on any atom is 0.308 e. The van der Waals surface area contributed by atoms with Crippen molar-refractivity contribution in [3.05, 3.63) is 42.3 Å². The normalized spacial score (nSPS) is 22.3. The first-order valence-electron chi connectivity index (χ1n) is 9.09. The first-order chi connectivity index (χ1) is 13.0. The van der Waals surface area contributed by atoms with Crippen LogP contribution in [0.4, 0.5) is 0 Å².